The molecular weight excluding hydrogens is 288 g/mol. The predicted molar refractivity (Wildman–Crippen MR) is 83.6 cm³/mol. The molecule has 3 heterocycles. The third-order valence-electron chi connectivity index (χ3n) is 3.25. The molecule has 0 spiro atoms. The maximum absolute atomic E-state index is 5.80. The van der Waals surface area contributed by atoms with Gasteiger partial charge in [-0.3, -0.25) is 0 Å². The summed E-state index contributed by atoms with van der Waals surface area (Å²) < 4.78 is 5.34. The highest BCUT2D eigenvalue weighted by atomic mass is 32.1. The van der Waals surface area contributed by atoms with E-state index in [2.05, 4.69) is 43.5 Å². The Kier molecular flexibility index (Phi) is 4.16. The molecule has 0 aromatic carbocycles. The topological polar surface area (TPSA) is 89.2 Å². The molecule has 0 bridgehead atoms. The molecule has 0 radical (unpaired) electrons. The molecule has 21 heavy (non-hydrogen) atoms. The van der Waals surface area contributed by atoms with Crippen LogP contribution in [0.1, 0.15) is 17.8 Å². The lowest BCUT2D eigenvalue weighted by atomic mass is 10.3. The van der Waals surface area contributed by atoms with E-state index in [0.29, 0.717) is 25.1 Å². The first kappa shape index (κ1) is 14.0. The number of nitrogen functional groups attached to an aromatic ring is 1. The average Bonchev–Trinajstić information content (AvgIpc) is 3.02. The third kappa shape index (κ3) is 3.40. The fraction of sp³-hybridized carbons (Fsp3) is 0.462. The molecule has 1 fully saturated rings. The molecule has 1 aliphatic rings. The summed E-state index contributed by atoms with van der Waals surface area (Å²) in [6.07, 6.45) is 0. The average molecular weight is 306 g/mol. The molecule has 3 rings (SSSR count). The van der Waals surface area contributed by atoms with Crippen LogP contribution in [0.4, 0.5) is 17.8 Å². The summed E-state index contributed by atoms with van der Waals surface area (Å²) in [7, 11) is 0. The van der Waals surface area contributed by atoms with Crippen LogP contribution in [0.2, 0.25) is 0 Å². The Hall–Kier alpha value is -1.93. The molecule has 0 amide bonds. The summed E-state index contributed by atoms with van der Waals surface area (Å²) in [6, 6.07) is 4.24. The van der Waals surface area contributed by atoms with E-state index < -0.39 is 0 Å². The maximum Gasteiger partial charge on any atom is 0.232 e. The van der Waals surface area contributed by atoms with Gasteiger partial charge in [0.05, 0.1) is 19.3 Å². The van der Waals surface area contributed by atoms with Crippen molar-refractivity contribution in [2.24, 2.45) is 0 Å². The van der Waals surface area contributed by atoms with E-state index in [0.717, 1.165) is 13.1 Å². The van der Waals surface area contributed by atoms with E-state index in [1.165, 1.54) is 4.88 Å². The van der Waals surface area contributed by atoms with Crippen molar-refractivity contribution in [3.8, 4) is 0 Å². The smallest absolute Gasteiger partial charge is 0.232 e. The van der Waals surface area contributed by atoms with Gasteiger partial charge in [0.25, 0.3) is 0 Å². The van der Waals surface area contributed by atoms with Gasteiger partial charge in [0.2, 0.25) is 17.8 Å². The molecule has 1 saturated heterocycles. The third-order valence-corrected chi connectivity index (χ3v) is 4.31. The second kappa shape index (κ2) is 6.23. The minimum absolute atomic E-state index is 0.129. The van der Waals surface area contributed by atoms with Gasteiger partial charge in [-0.25, -0.2) is 0 Å². The van der Waals surface area contributed by atoms with Crippen LogP contribution in [0.15, 0.2) is 17.5 Å². The van der Waals surface area contributed by atoms with Gasteiger partial charge >= 0.3 is 0 Å². The van der Waals surface area contributed by atoms with E-state index >= 15 is 0 Å². The number of nitrogens with zero attached hydrogens (tertiary/aromatic N) is 4. The second-order valence-corrected chi connectivity index (χ2v) is 5.78. The van der Waals surface area contributed by atoms with Crippen molar-refractivity contribution in [2.45, 2.75) is 13.0 Å². The predicted octanol–water partition coefficient (Wildman–Crippen LogP) is 1.52. The molecule has 2 aromatic rings. The number of ether oxygens (including phenoxy) is 1. The Labute approximate surface area is 127 Å². The summed E-state index contributed by atoms with van der Waals surface area (Å²) >= 11 is 1.69. The summed E-state index contributed by atoms with van der Waals surface area (Å²) in [6.45, 7) is 4.97. The number of hydrogen-bond donors (Lipinski definition) is 2. The van der Waals surface area contributed by atoms with Gasteiger partial charge in [-0.05, 0) is 18.4 Å². The zero-order valence-corrected chi connectivity index (χ0v) is 12.6. The number of anilines is 3. The minimum Gasteiger partial charge on any atom is -0.378 e. The minimum atomic E-state index is 0.129. The van der Waals surface area contributed by atoms with Crippen LogP contribution in [-0.4, -0.2) is 41.3 Å². The number of hydrogen-bond acceptors (Lipinski definition) is 8. The number of thiophene rings is 1. The Morgan fingerprint density at radius 3 is 2.86 bits per heavy atom. The Balaban J connectivity index is 1.77. The molecule has 1 unspecified atom stereocenters. The largest absolute Gasteiger partial charge is 0.378 e. The van der Waals surface area contributed by atoms with Gasteiger partial charge in [0, 0.05) is 18.0 Å². The number of nitrogens with two attached hydrogens (primary N) is 1. The van der Waals surface area contributed by atoms with Crippen molar-refractivity contribution in [1.29, 1.82) is 0 Å². The van der Waals surface area contributed by atoms with Crippen LogP contribution in [0.25, 0.3) is 0 Å². The SMILES string of the molecule is CC(Nc1nc(N)nc(N2CCOCC2)n1)c1cccs1. The van der Waals surface area contributed by atoms with Crippen molar-refractivity contribution in [3.63, 3.8) is 0 Å². The van der Waals surface area contributed by atoms with Crippen molar-refractivity contribution in [1.82, 2.24) is 15.0 Å². The summed E-state index contributed by atoms with van der Waals surface area (Å²) in [5.74, 6) is 1.34. The first-order valence-electron chi connectivity index (χ1n) is 6.86. The lowest BCUT2D eigenvalue weighted by Crippen LogP contribution is -2.37. The molecule has 112 valence electrons. The van der Waals surface area contributed by atoms with Crippen LogP contribution < -0.4 is 16.0 Å². The first-order valence-corrected chi connectivity index (χ1v) is 7.74. The van der Waals surface area contributed by atoms with Gasteiger partial charge in [-0.2, -0.15) is 15.0 Å². The molecular formula is C13H18N6OS. The van der Waals surface area contributed by atoms with Crippen molar-refractivity contribution >= 4 is 29.2 Å². The number of nitrogens with one attached hydrogen (secondary N) is 1. The van der Waals surface area contributed by atoms with E-state index in [4.69, 9.17) is 10.5 Å². The summed E-state index contributed by atoms with van der Waals surface area (Å²) in [4.78, 5) is 16.1. The zero-order valence-electron chi connectivity index (χ0n) is 11.8. The normalized spacial score (nSPS) is 16.7. The molecule has 1 atom stereocenters. The van der Waals surface area contributed by atoms with E-state index in [-0.39, 0.29) is 12.0 Å². The van der Waals surface area contributed by atoms with E-state index in [9.17, 15) is 0 Å². The van der Waals surface area contributed by atoms with Gasteiger partial charge in [0.1, 0.15) is 0 Å². The lowest BCUT2D eigenvalue weighted by molar-refractivity contribution is 0.122. The molecule has 8 heteroatoms. The van der Waals surface area contributed by atoms with Crippen LogP contribution in [0.3, 0.4) is 0 Å². The van der Waals surface area contributed by atoms with Crippen molar-refractivity contribution in [3.05, 3.63) is 22.4 Å². The van der Waals surface area contributed by atoms with Crippen LogP contribution in [0, 0.1) is 0 Å². The van der Waals surface area contributed by atoms with E-state index in [1.807, 2.05) is 6.07 Å². The van der Waals surface area contributed by atoms with Crippen LogP contribution in [-0.2, 0) is 4.74 Å². The lowest BCUT2D eigenvalue weighted by Gasteiger charge is -2.27. The van der Waals surface area contributed by atoms with Crippen LogP contribution in [0.5, 0.6) is 0 Å². The van der Waals surface area contributed by atoms with Crippen LogP contribution >= 0.6 is 11.3 Å². The zero-order chi connectivity index (χ0) is 14.7. The molecule has 0 aliphatic carbocycles. The highest BCUT2D eigenvalue weighted by Gasteiger charge is 2.17. The van der Waals surface area contributed by atoms with Crippen molar-refractivity contribution < 1.29 is 4.74 Å². The van der Waals surface area contributed by atoms with Crippen molar-refractivity contribution in [2.75, 3.05) is 42.3 Å². The van der Waals surface area contributed by atoms with Gasteiger partial charge in [-0.1, -0.05) is 6.07 Å². The maximum atomic E-state index is 5.80. The highest BCUT2D eigenvalue weighted by molar-refractivity contribution is 7.10. The summed E-state index contributed by atoms with van der Waals surface area (Å²) in [5.41, 5.74) is 5.80. The molecule has 3 N–H and O–H groups in total. The van der Waals surface area contributed by atoms with E-state index in [1.54, 1.807) is 11.3 Å². The number of morpholine rings is 1. The quantitative estimate of drug-likeness (QED) is 0.885. The standard InChI is InChI=1S/C13H18N6OS/c1-9(10-3-2-8-21-10)15-12-16-11(14)17-13(18-12)19-4-6-20-7-5-19/h2-3,8-9H,4-7H2,1H3,(H3,14,15,16,17,18). The molecule has 1 aliphatic heterocycles. The van der Waals surface area contributed by atoms with Gasteiger partial charge < -0.3 is 20.7 Å². The second-order valence-electron chi connectivity index (χ2n) is 4.80. The number of aromatic nitrogens is 3. The Bertz CT molecular complexity index is 584. The number of rotatable bonds is 4. The summed E-state index contributed by atoms with van der Waals surface area (Å²) in [5, 5.41) is 5.32. The fourth-order valence-electron chi connectivity index (χ4n) is 2.15. The monoisotopic (exact) mass is 306 g/mol. The molecule has 2 aromatic heterocycles. The fourth-order valence-corrected chi connectivity index (χ4v) is 2.89. The highest BCUT2D eigenvalue weighted by Crippen LogP contribution is 2.22. The molecule has 0 saturated carbocycles. The first-order chi connectivity index (χ1) is 10.2. The Morgan fingerprint density at radius 1 is 1.33 bits per heavy atom. The Morgan fingerprint density at radius 2 is 2.14 bits per heavy atom. The van der Waals surface area contributed by atoms with Gasteiger partial charge in [-0.15, -0.1) is 11.3 Å². The van der Waals surface area contributed by atoms with Gasteiger partial charge in [0.15, 0.2) is 0 Å². The molecule has 7 nitrogen and oxygen atoms in total.